The van der Waals surface area contributed by atoms with E-state index < -0.39 is 11.7 Å². The molecule has 0 spiro atoms. The molecule has 0 bridgehead atoms. The Kier molecular flexibility index (Phi) is 5.56. The van der Waals surface area contributed by atoms with Crippen molar-refractivity contribution in [2.24, 2.45) is 0 Å². The number of rotatable bonds is 5. The molecule has 0 aliphatic rings. The first-order valence-electron chi connectivity index (χ1n) is 7.40. The number of ether oxygens (including phenoxy) is 2. The van der Waals surface area contributed by atoms with Crippen molar-refractivity contribution in [2.45, 2.75) is 12.7 Å². The third-order valence-corrected chi connectivity index (χ3v) is 3.71. The van der Waals surface area contributed by atoms with E-state index in [2.05, 4.69) is 0 Å². The van der Waals surface area contributed by atoms with Gasteiger partial charge in [0.1, 0.15) is 11.5 Å². The Morgan fingerprint density at radius 1 is 1.04 bits per heavy atom. The second kappa shape index (κ2) is 7.46. The van der Waals surface area contributed by atoms with E-state index in [1.807, 2.05) is 0 Å². The van der Waals surface area contributed by atoms with E-state index in [-0.39, 0.29) is 18.0 Å². The highest BCUT2D eigenvalue weighted by atomic mass is 19.4. The molecule has 7 heteroatoms. The summed E-state index contributed by atoms with van der Waals surface area (Å²) in [5.41, 5.74) is 0.151. The maximum atomic E-state index is 12.6. The fourth-order valence-corrected chi connectivity index (χ4v) is 2.33. The van der Waals surface area contributed by atoms with Gasteiger partial charge in [0.2, 0.25) is 0 Å². The van der Waals surface area contributed by atoms with Gasteiger partial charge in [0.25, 0.3) is 5.91 Å². The summed E-state index contributed by atoms with van der Waals surface area (Å²) in [6.07, 6.45) is -4.43. The molecule has 0 aromatic heterocycles. The fourth-order valence-electron chi connectivity index (χ4n) is 2.33. The number of carbonyl (C=O) groups excluding carboxylic acids is 1. The minimum absolute atomic E-state index is 0.183. The molecule has 25 heavy (non-hydrogen) atoms. The quantitative estimate of drug-likeness (QED) is 0.816. The molecule has 4 nitrogen and oxygen atoms in total. The van der Waals surface area contributed by atoms with Crippen molar-refractivity contribution in [1.29, 1.82) is 0 Å². The molecule has 0 aliphatic carbocycles. The topological polar surface area (TPSA) is 38.8 Å². The molecule has 0 unspecified atom stereocenters. The zero-order chi connectivity index (χ0) is 18.6. The van der Waals surface area contributed by atoms with Crippen molar-refractivity contribution in [3.63, 3.8) is 0 Å². The molecule has 1 amide bonds. The van der Waals surface area contributed by atoms with Crippen LogP contribution in [0.25, 0.3) is 0 Å². The van der Waals surface area contributed by atoms with Gasteiger partial charge in [-0.05, 0) is 36.4 Å². The lowest BCUT2D eigenvalue weighted by Crippen LogP contribution is -2.26. The summed E-state index contributed by atoms with van der Waals surface area (Å²) in [5, 5.41) is 0. The van der Waals surface area contributed by atoms with Crippen LogP contribution in [-0.2, 0) is 12.7 Å². The third kappa shape index (κ3) is 4.43. The minimum Gasteiger partial charge on any atom is -0.497 e. The number of amides is 1. The number of halogens is 3. The number of hydrogen-bond acceptors (Lipinski definition) is 3. The average Bonchev–Trinajstić information content (AvgIpc) is 2.60. The number of benzene rings is 2. The summed E-state index contributed by atoms with van der Waals surface area (Å²) in [5.74, 6) is 0.801. The highest BCUT2D eigenvalue weighted by Crippen LogP contribution is 2.29. The van der Waals surface area contributed by atoms with Gasteiger partial charge in [0.05, 0.1) is 19.8 Å². The van der Waals surface area contributed by atoms with Gasteiger partial charge in [-0.2, -0.15) is 13.2 Å². The van der Waals surface area contributed by atoms with Crippen LogP contribution < -0.4 is 9.47 Å². The van der Waals surface area contributed by atoms with Crippen LogP contribution in [0, 0.1) is 0 Å². The van der Waals surface area contributed by atoms with Crippen LogP contribution >= 0.6 is 0 Å². The number of nitrogens with zero attached hydrogens (tertiary/aromatic N) is 1. The molecule has 134 valence electrons. The molecule has 0 radical (unpaired) electrons. The van der Waals surface area contributed by atoms with Crippen LogP contribution in [0.5, 0.6) is 11.5 Å². The first kappa shape index (κ1) is 18.6. The van der Waals surface area contributed by atoms with Crippen LogP contribution in [0.3, 0.4) is 0 Å². The standard InChI is InChI=1S/C18H18F3NO3/c1-22(11-13-6-9-15(24-2)10-16(13)25-3)17(23)12-4-7-14(8-5-12)18(19,20)21/h4-10H,11H2,1-3H3. The van der Waals surface area contributed by atoms with Gasteiger partial charge < -0.3 is 14.4 Å². The predicted octanol–water partition coefficient (Wildman–Crippen LogP) is 3.99. The molecule has 2 rings (SSSR count). The molecule has 2 aromatic carbocycles. The SMILES string of the molecule is COc1ccc(CN(C)C(=O)c2ccc(C(F)(F)F)cc2)c(OC)c1. The number of methoxy groups -OCH3 is 2. The van der Waals surface area contributed by atoms with Gasteiger partial charge >= 0.3 is 6.18 Å². The predicted molar refractivity (Wildman–Crippen MR) is 86.8 cm³/mol. The van der Waals surface area contributed by atoms with Crippen molar-refractivity contribution >= 4 is 5.91 Å². The summed E-state index contributed by atoms with van der Waals surface area (Å²) in [4.78, 5) is 13.8. The first-order chi connectivity index (χ1) is 11.8. The van der Waals surface area contributed by atoms with E-state index in [1.165, 1.54) is 31.3 Å². The summed E-state index contributed by atoms with van der Waals surface area (Å²) >= 11 is 0. The summed E-state index contributed by atoms with van der Waals surface area (Å²) < 4.78 is 48.2. The first-order valence-corrected chi connectivity index (χ1v) is 7.40. The highest BCUT2D eigenvalue weighted by Gasteiger charge is 2.30. The number of carbonyl (C=O) groups is 1. The van der Waals surface area contributed by atoms with E-state index in [1.54, 1.807) is 25.2 Å². The average molecular weight is 353 g/mol. The molecule has 0 aliphatic heterocycles. The second-order valence-electron chi connectivity index (χ2n) is 5.41. The lowest BCUT2D eigenvalue weighted by molar-refractivity contribution is -0.137. The maximum absolute atomic E-state index is 12.6. The number of hydrogen-bond donors (Lipinski definition) is 0. The Morgan fingerprint density at radius 2 is 1.68 bits per heavy atom. The lowest BCUT2D eigenvalue weighted by Gasteiger charge is -2.19. The molecule has 0 fully saturated rings. The largest absolute Gasteiger partial charge is 0.497 e. The van der Waals surface area contributed by atoms with Crippen molar-refractivity contribution in [3.8, 4) is 11.5 Å². The maximum Gasteiger partial charge on any atom is 0.416 e. The molecular formula is C18H18F3NO3. The third-order valence-electron chi connectivity index (χ3n) is 3.71. The van der Waals surface area contributed by atoms with Crippen LogP contribution in [0.15, 0.2) is 42.5 Å². The van der Waals surface area contributed by atoms with Gasteiger partial charge in [0.15, 0.2) is 0 Å². The molecule has 0 N–H and O–H groups in total. The van der Waals surface area contributed by atoms with Crippen molar-refractivity contribution in [3.05, 3.63) is 59.2 Å². The van der Waals surface area contributed by atoms with Gasteiger partial charge in [-0.15, -0.1) is 0 Å². The van der Waals surface area contributed by atoms with E-state index in [0.717, 1.165) is 17.7 Å². The van der Waals surface area contributed by atoms with Gasteiger partial charge in [-0.3, -0.25) is 4.79 Å². The lowest BCUT2D eigenvalue weighted by atomic mass is 10.1. The fraction of sp³-hybridized carbons (Fsp3) is 0.278. The molecule has 0 atom stereocenters. The molecule has 0 heterocycles. The normalized spacial score (nSPS) is 11.1. The monoisotopic (exact) mass is 353 g/mol. The molecular weight excluding hydrogens is 335 g/mol. The number of alkyl halides is 3. The van der Waals surface area contributed by atoms with Gasteiger partial charge in [0, 0.05) is 30.8 Å². The molecule has 2 aromatic rings. The van der Waals surface area contributed by atoms with Crippen molar-refractivity contribution < 1.29 is 27.4 Å². The second-order valence-corrected chi connectivity index (χ2v) is 5.41. The summed E-state index contributed by atoms with van der Waals surface area (Å²) in [6, 6.07) is 9.36. The van der Waals surface area contributed by atoms with Crippen LogP contribution in [0.4, 0.5) is 13.2 Å². The Balaban J connectivity index is 2.15. The van der Waals surface area contributed by atoms with Gasteiger partial charge in [-0.1, -0.05) is 0 Å². The summed E-state index contributed by atoms with van der Waals surface area (Å²) in [6.45, 7) is 0.243. The molecule has 0 saturated heterocycles. The van der Waals surface area contributed by atoms with Crippen molar-refractivity contribution in [2.75, 3.05) is 21.3 Å². The Hall–Kier alpha value is -2.70. The van der Waals surface area contributed by atoms with Crippen LogP contribution in [0.2, 0.25) is 0 Å². The van der Waals surface area contributed by atoms with E-state index in [0.29, 0.717) is 11.5 Å². The van der Waals surface area contributed by atoms with Crippen LogP contribution in [-0.4, -0.2) is 32.1 Å². The zero-order valence-electron chi connectivity index (χ0n) is 14.1. The highest BCUT2D eigenvalue weighted by molar-refractivity contribution is 5.94. The smallest absolute Gasteiger partial charge is 0.416 e. The van der Waals surface area contributed by atoms with Crippen molar-refractivity contribution in [1.82, 2.24) is 4.90 Å². The van der Waals surface area contributed by atoms with E-state index in [9.17, 15) is 18.0 Å². The Morgan fingerprint density at radius 3 is 2.20 bits per heavy atom. The zero-order valence-corrected chi connectivity index (χ0v) is 14.1. The van der Waals surface area contributed by atoms with E-state index in [4.69, 9.17) is 9.47 Å². The Labute approximate surface area is 143 Å². The van der Waals surface area contributed by atoms with Gasteiger partial charge in [-0.25, -0.2) is 0 Å². The minimum atomic E-state index is -4.43. The summed E-state index contributed by atoms with van der Waals surface area (Å²) in [7, 11) is 4.62. The van der Waals surface area contributed by atoms with E-state index >= 15 is 0 Å². The molecule has 0 saturated carbocycles. The van der Waals surface area contributed by atoms with Crippen LogP contribution in [0.1, 0.15) is 21.5 Å². The Bertz CT molecular complexity index is 742.